The van der Waals surface area contributed by atoms with Crippen molar-refractivity contribution in [3.63, 3.8) is 0 Å². The van der Waals surface area contributed by atoms with E-state index in [-0.39, 0.29) is 0 Å². The predicted octanol–water partition coefficient (Wildman–Crippen LogP) is 4.40. The lowest BCUT2D eigenvalue weighted by Gasteiger charge is -2.24. The third-order valence-corrected chi connectivity index (χ3v) is 5.43. The molecule has 3 unspecified atom stereocenters. The van der Waals surface area contributed by atoms with E-state index in [9.17, 15) is 0 Å². The number of hydrogen-bond donors (Lipinski definition) is 2. The van der Waals surface area contributed by atoms with Gasteiger partial charge in [0.25, 0.3) is 0 Å². The first-order valence-corrected chi connectivity index (χ1v) is 8.81. The van der Waals surface area contributed by atoms with Crippen LogP contribution in [0.2, 0.25) is 0 Å². The van der Waals surface area contributed by atoms with E-state index in [0.717, 1.165) is 17.8 Å². The second kappa shape index (κ2) is 8.26. The van der Waals surface area contributed by atoms with E-state index in [1.807, 2.05) is 0 Å². The fraction of sp³-hybridized carbons (Fsp3) is 1.00. The highest BCUT2D eigenvalue weighted by Gasteiger charge is 2.47. The zero-order valence-corrected chi connectivity index (χ0v) is 12.9. The van der Waals surface area contributed by atoms with E-state index >= 15 is 0 Å². The molecule has 112 valence electrons. The van der Waals surface area contributed by atoms with Crippen LogP contribution in [-0.2, 0) is 0 Å². The molecule has 0 spiro atoms. The van der Waals surface area contributed by atoms with Gasteiger partial charge in [-0.2, -0.15) is 0 Å². The quantitative estimate of drug-likeness (QED) is 0.330. The van der Waals surface area contributed by atoms with Gasteiger partial charge in [-0.15, -0.1) is 0 Å². The van der Waals surface area contributed by atoms with Gasteiger partial charge in [0, 0.05) is 6.04 Å². The summed E-state index contributed by atoms with van der Waals surface area (Å²) in [5.74, 6) is 8.81. The van der Waals surface area contributed by atoms with Crippen molar-refractivity contribution in [1.82, 2.24) is 5.43 Å². The maximum atomic E-state index is 5.76. The minimum atomic E-state index is 0.605. The van der Waals surface area contributed by atoms with Crippen molar-refractivity contribution in [2.45, 2.75) is 90.0 Å². The normalized spacial score (nSPS) is 30.3. The van der Waals surface area contributed by atoms with Crippen LogP contribution in [0.1, 0.15) is 84.0 Å². The van der Waals surface area contributed by atoms with Crippen molar-refractivity contribution < 1.29 is 0 Å². The number of fused-ring (bicyclic) bond motifs is 1. The summed E-state index contributed by atoms with van der Waals surface area (Å²) in [5.41, 5.74) is 3.10. The molecule has 0 bridgehead atoms. The highest BCUT2D eigenvalue weighted by Crippen LogP contribution is 2.55. The smallest absolute Gasteiger partial charge is 0.0239 e. The highest BCUT2D eigenvalue weighted by atomic mass is 15.2. The maximum Gasteiger partial charge on any atom is 0.0239 e. The Balaban J connectivity index is 1.45. The standard InChI is InChI=1S/C17H34N2/c1-2-3-4-5-6-7-8-9-10-17(19-18)16-12-14-11-15(14)13-16/h14-17,19H,2-13,18H2,1H3. The summed E-state index contributed by atoms with van der Waals surface area (Å²) in [6.45, 7) is 2.28. The molecule has 19 heavy (non-hydrogen) atoms. The molecule has 0 aromatic rings. The fourth-order valence-electron chi connectivity index (χ4n) is 4.04. The van der Waals surface area contributed by atoms with Crippen molar-refractivity contribution in [1.29, 1.82) is 0 Å². The van der Waals surface area contributed by atoms with Crippen molar-refractivity contribution in [3.05, 3.63) is 0 Å². The Hall–Kier alpha value is -0.0800. The molecule has 3 atom stereocenters. The minimum Gasteiger partial charge on any atom is -0.271 e. The van der Waals surface area contributed by atoms with E-state index in [2.05, 4.69) is 12.3 Å². The molecular weight excluding hydrogens is 232 g/mol. The third-order valence-electron chi connectivity index (χ3n) is 5.43. The number of hydrazine groups is 1. The summed E-state index contributed by atoms with van der Waals surface area (Å²) >= 11 is 0. The first-order chi connectivity index (χ1) is 9.35. The zero-order valence-electron chi connectivity index (χ0n) is 12.9. The zero-order chi connectivity index (χ0) is 13.5. The molecule has 3 N–H and O–H groups in total. The second-order valence-electron chi connectivity index (χ2n) is 7.02. The molecular formula is C17H34N2. The van der Waals surface area contributed by atoms with Gasteiger partial charge in [-0.25, -0.2) is 0 Å². The van der Waals surface area contributed by atoms with E-state index in [0.29, 0.717) is 6.04 Å². The van der Waals surface area contributed by atoms with Crippen LogP contribution in [0.5, 0.6) is 0 Å². The van der Waals surface area contributed by atoms with Gasteiger partial charge >= 0.3 is 0 Å². The summed E-state index contributed by atoms with van der Waals surface area (Å²) in [4.78, 5) is 0. The molecule has 2 rings (SSSR count). The molecule has 0 amide bonds. The van der Waals surface area contributed by atoms with Crippen molar-refractivity contribution in [2.24, 2.45) is 23.6 Å². The summed E-state index contributed by atoms with van der Waals surface area (Å²) in [7, 11) is 0. The van der Waals surface area contributed by atoms with Gasteiger partial charge in [-0.05, 0) is 43.4 Å². The lowest BCUT2D eigenvalue weighted by Crippen LogP contribution is -2.40. The Morgan fingerprint density at radius 2 is 1.47 bits per heavy atom. The van der Waals surface area contributed by atoms with Crippen LogP contribution in [0.25, 0.3) is 0 Å². The molecule has 0 heterocycles. The molecule has 2 fully saturated rings. The SMILES string of the molecule is CCCCCCCCCCC(NN)C1CC2CC2C1. The molecule has 0 aliphatic heterocycles. The Morgan fingerprint density at radius 3 is 2.05 bits per heavy atom. The number of nitrogens with one attached hydrogen (secondary N) is 1. The highest BCUT2D eigenvalue weighted by molar-refractivity contribution is 4.98. The monoisotopic (exact) mass is 266 g/mol. The first-order valence-electron chi connectivity index (χ1n) is 8.81. The topological polar surface area (TPSA) is 38.0 Å². The summed E-state index contributed by atoms with van der Waals surface area (Å²) in [5, 5.41) is 0. The van der Waals surface area contributed by atoms with Crippen LogP contribution >= 0.6 is 0 Å². The molecule has 0 radical (unpaired) electrons. The lowest BCUT2D eigenvalue weighted by atomic mass is 9.91. The Morgan fingerprint density at radius 1 is 0.895 bits per heavy atom. The number of rotatable bonds is 11. The number of nitrogens with two attached hydrogens (primary N) is 1. The van der Waals surface area contributed by atoms with Gasteiger partial charge in [0.2, 0.25) is 0 Å². The molecule has 2 saturated carbocycles. The van der Waals surface area contributed by atoms with Gasteiger partial charge in [0.05, 0.1) is 0 Å². The Labute approximate surface area is 119 Å². The van der Waals surface area contributed by atoms with Crippen LogP contribution in [0.4, 0.5) is 0 Å². The van der Waals surface area contributed by atoms with E-state index in [4.69, 9.17) is 5.84 Å². The average molecular weight is 266 g/mol. The molecule has 2 aliphatic carbocycles. The first kappa shape index (κ1) is 15.3. The molecule has 2 heteroatoms. The van der Waals surface area contributed by atoms with Crippen molar-refractivity contribution >= 4 is 0 Å². The van der Waals surface area contributed by atoms with E-state index in [1.165, 1.54) is 77.0 Å². The predicted molar refractivity (Wildman–Crippen MR) is 82.7 cm³/mol. The van der Waals surface area contributed by atoms with E-state index in [1.54, 1.807) is 0 Å². The summed E-state index contributed by atoms with van der Waals surface area (Å²) in [6.07, 6.45) is 17.0. The largest absolute Gasteiger partial charge is 0.271 e. The van der Waals surface area contributed by atoms with Crippen LogP contribution in [0, 0.1) is 17.8 Å². The molecule has 2 nitrogen and oxygen atoms in total. The Bertz CT molecular complexity index is 231. The summed E-state index contributed by atoms with van der Waals surface area (Å²) in [6, 6.07) is 0.605. The Kier molecular flexibility index (Phi) is 6.66. The number of hydrogen-bond acceptors (Lipinski definition) is 2. The average Bonchev–Trinajstić information content (AvgIpc) is 3.04. The van der Waals surface area contributed by atoms with Gasteiger partial charge in [0.1, 0.15) is 0 Å². The minimum absolute atomic E-state index is 0.605. The van der Waals surface area contributed by atoms with Crippen LogP contribution in [0.15, 0.2) is 0 Å². The summed E-state index contributed by atoms with van der Waals surface area (Å²) < 4.78 is 0. The molecule has 0 aromatic heterocycles. The van der Waals surface area contributed by atoms with Gasteiger partial charge < -0.3 is 0 Å². The molecule has 0 saturated heterocycles. The van der Waals surface area contributed by atoms with Crippen LogP contribution in [0.3, 0.4) is 0 Å². The number of unbranched alkanes of at least 4 members (excludes halogenated alkanes) is 7. The van der Waals surface area contributed by atoms with Crippen molar-refractivity contribution in [2.75, 3.05) is 0 Å². The molecule has 0 aromatic carbocycles. The van der Waals surface area contributed by atoms with Gasteiger partial charge in [0.15, 0.2) is 0 Å². The maximum absolute atomic E-state index is 5.76. The second-order valence-corrected chi connectivity index (χ2v) is 7.02. The fourth-order valence-corrected chi connectivity index (χ4v) is 4.04. The van der Waals surface area contributed by atoms with E-state index < -0.39 is 0 Å². The van der Waals surface area contributed by atoms with Gasteiger partial charge in [-0.3, -0.25) is 11.3 Å². The third kappa shape index (κ3) is 5.07. The lowest BCUT2D eigenvalue weighted by molar-refractivity contribution is 0.313. The van der Waals surface area contributed by atoms with Crippen molar-refractivity contribution in [3.8, 4) is 0 Å². The molecule has 2 aliphatic rings. The van der Waals surface area contributed by atoms with Crippen LogP contribution < -0.4 is 11.3 Å². The van der Waals surface area contributed by atoms with Gasteiger partial charge in [-0.1, -0.05) is 58.3 Å². The van der Waals surface area contributed by atoms with Crippen LogP contribution in [-0.4, -0.2) is 6.04 Å².